The van der Waals surface area contributed by atoms with E-state index >= 15 is 0 Å². The maximum absolute atomic E-state index is 12.4. The number of methoxy groups -OCH3 is 2. The highest BCUT2D eigenvalue weighted by Crippen LogP contribution is 2.22. The standard InChI is InChI=1S/C44H41N7O7/c1-56-43(54)41-18-8-14-34(48-41)24-51(25-35-15-9-19-42(49-35)44(55)57-2)27-39-21-40(58-30-31-10-4-3-5-11-31)20-38(47-39)26-50(22-32-12-6-16-36(28-52)45-32)23-33-13-7-17-37(29-53)46-33/h3-21,28-29H,22-27,30H2,1-2H3. The third kappa shape index (κ3) is 11.7. The van der Waals surface area contributed by atoms with Crippen molar-refractivity contribution in [3.63, 3.8) is 0 Å². The summed E-state index contributed by atoms with van der Waals surface area (Å²) in [4.78, 5) is 75.2. The molecule has 0 aliphatic rings. The van der Waals surface area contributed by atoms with Crippen molar-refractivity contribution in [2.24, 2.45) is 0 Å². The van der Waals surface area contributed by atoms with Gasteiger partial charge in [-0.05, 0) is 54.1 Å². The first-order valence-corrected chi connectivity index (χ1v) is 18.3. The van der Waals surface area contributed by atoms with Gasteiger partial charge in [-0.15, -0.1) is 0 Å². The molecule has 14 nitrogen and oxygen atoms in total. The van der Waals surface area contributed by atoms with E-state index in [1.54, 1.807) is 48.5 Å². The molecular formula is C44H41N7O7. The third-order valence-electron chi connectivity index (χ3n) is 8.77. The number of esters is 2. The van der Waals surface area contributed by atoms with Gasteiger partial charge in [0.1, 0.15) is 35.1 Å². The second kappa shape index (κ2) is 20.2. The molecule has 294 valence electrons. The van der Waals surface area contributed by atoms with Gasteiger partial charge in [-0.2, -0.15) is 0 Å². The first-order chi connectivity index (χ1) is 28.3. The molecule has 0 N–H and O–H groups in total. The van der Waals surface area contributed by atoms with E-state index in [0.717, 1.165) is 5.56 Å². The van der Waals surface area contributed by atoms with E-state index in [1.807, 2.05) is 71.6 Å². The third-order valence-corrected chi connectivity index (χ3v) is 8.77. The number of benzene rings is 1. The number of rotatable bonds is 19. The number of carbonyl (C=O) groups is 4. The number of ether oxygens (including phenoxy) is 3. The molecule has 0 aliphatic heterocycles. The molecule has 5 aromatic heterocycles. The van der Waals surface area contributed by atoms with Crippen LogP contribution in [-0.4, -0.2) is 73.5 Å². The molecule has 1 aromatic carbocycles. The Morgan fingerprint density at radius 1 is 0.500 bits per heavy atom. The Bertz CT molecular complexity index is 2240. The van der Waals surface area contributed by atoms with Crippen LogP contribution in [0.25, 0.3) is 0 Å². The van der Waals surface area contributed by atoms with Crippen LogP contribution in [0.4, 0.5) is 0 Å². The van der Waals surface area contributed by atoms with Crippen LogP contribution in [0, 0.1) is 0 Å². The fourth-order valence-electron chi connectivity index (χ4n) is 6.19. The SMILES string of the molecule is COC(=O)c1cccc(CN(Cc2cc(OCc3ccccc3)cc(CN(Cc3cccc(C=O)n3)Cc3cccc(C=O)n3)n2)Cc2cccc(C(=O)OC)n2)n1. The summed E-state index contributed by atoms with van der Waals surface area (Å²) in [5.74, 6) is -0.523. The summed E-state index contributed by atoms with van der Waals surface area (Å²) < 4.78 is 16.2. The molecule has 0 unspecified atom stereocenters. The summed E-state index contributed by atoms with van der Waals surface area (Å²) in [5.41, 5.74) is 5.84. The molecule has 6 rings (SSSR count). The second-order valence-corrected chi connectivity index (χ2v) is 13.2. The van der Waals surface area contributed by atoms with E-state index in [4.69, 9.17) is 19.2 Å². The lowest BCUT2D eigenvalue weighted by molar-refractivity contribution is 0.0585. The zero-order chi connectivity index (χ0) is 40.7. The number of hydrogen-bond donors (Lipinski definition) is 0. The summed E-state index contributed by atoms with van der Waals surface area (Å²) >= 11 is 0. The van der Waals surface area contributed by atoms with Crippen molar-refractivity contribution in [3.8, 4) is 5.75 Å². The summed E-state index contributed by atoms with van der Waals surface area (Å²) in [6, 6.07) is 34.4. The van der Waals surface area contributed by atoms with E-state index in [-0.39, 0.29) is 31.0 Å². The zero-order valence-electron chi connectivity index (χ0n) is 32.1. The predicted octanol–water partition coefficient (Wildman–Crippen LogP) is 5.84. The highest BCUT2D eigenvalue weighted by atomic mass is 16.5. The highest BCUT2D eigenvalue weighted by Gasteiger charge is 2.18. The lowest BCUT2D eigenvalue weighted by atomic mass is 10.2. The van der Waals surface area contributed by atoms with Gasteiger partial charge in [0.05, 0.1) is 48.4 Å². The van der Waals surface area contributed by atoms with Crippen molar-refractivity contribution < 1.29 is 33.4 Å². The van der Waals surface area contributed by atoms with Crippen LogP contribution in [0.1, 0.15) is 81.7 Å². The van der Waals surface area contributed by atoms with E-state index in [0.29, 0.717) is 90.1 Å². The Morgan fingerprint density at radius 2 is 0.914 bits per heavy atom. The first-order valence-electron chi connectivity index (χ1n) is 18.3. The molecule has 0 radical (unpaired) electrons. The molecule has 0 spiro atoms. The molecule has 0 amide bonds. The number of aldehydes is 2. The van der Waals surface area contributed by atoms with Crippen molar-refractivity contribution in [2.75, 3.05) is 14.2 Å². The smallest absolute Gasteiger partial charge is 0.356 e. The van der Waals surface area contributed by atoms with Crippen molar-refractivity contribution in [1.82, 2.24) is 34.7 Å². The van der Waals surface area contributed by atoms with Crippen molar-refractivity contribution >= 4 is 24.5 Å². The van der Waals surface area contributed by atoms with Gasteiger partial charge in [-0.3, -0.25) is 24.4 Å². The largest absolute Gasteiger partial charge is 0.489 e. The molecule has 0 atom stereocenters. The molecule has 0 saturated heterocycles. The molecule has 0 bridgehead atoms. The van der Waals surface area contributed by atoms with Gasteiger partial charge in [0, 0.05) is 51.4 Å². The minimum absolute atomic E-state index is 0.170. The van der Waals surface area contributed by atoms with Crippen LogP contribution in [0.2, 0.25) is 0 Å². The van der Waals surface area contributed by atoms with Crippen LogP contribution in [0.5, 0.6) is 5.75 Å². The normalized spacial score (nSPS) is 11.0. The highest BCUT2D eigenvalue weighted by molar-refractivity contribution is 5.87. The van der Waals surface area contributed by atoms with Crippen LogP contribution in [0.3, 0.4) is 0 Å². The van der Waals surface area contributed by atoms with Gasteiger partial charge < -0.3 is 14.2 Å². The number of nitrogens with zero attached hydrogens (tertiary/aromatic N) is 7. The van der Waals surface area contributed by atoms with Crippen LogP contribution in [0.15, 0.2) is 115 Å². The lowest BCUT2D eigenvalue weighted by Gasteiger charge is -2.24. The Kier molecular flexibility index (Phi) is 14.2. The fraction of sp³-hybridized carbons (Fsp3) is 0.205. The summed E-state index contributed by atoms with van der Waals surface area (Å²) in [6.45, 7) is 2.18. The van der Waals surface area contributed by atoms with Crippen LogP contribution >= 0.6 is 0 Å². The number of carbonyl (C=O) groups excluding carboxylic acids is 4. The summed E-state index contributed by atoms with van der Waals surface area (Å²) in [6.07, 6.45) is 1.41. The molecule has 5 heterocycles. The van der Waals surface area contributed by atoms with Crippen molar-refractivity contribution in [1.29, 1.82) is 0 Å². The monoisotopic (exact) mass is 779 g/mol. The Balaban J connectivity index is 1.36. The topological polar surface area (TPSA) is 167 Å². The van der Waals surface area contributed by atoms with Gasteiger partial charge in [-0.1, -0.05) is 54.6 Å². The van der Waals surface area contributed by atoms with Gasteiger partial charge in [0.15, 0.2) is 12.6 Å². The van der Waals surface area contributed by atoms with E-state index < -0.39 is 11.9 Å². The molecule has 14 heteroatoms. The molecule has 6 aromatic rings. The Labute approximate surface area is 335 Å². The zero-order valence-corrected chi connectivity index (χ0v) is 32.1. The van der Waals surface area contributed by atoms with Gasteiger partial charge in [0.25, 0.3) is 0 Å². The number of aromatic nitrogens is 5. The number of hydrogen-bond acceptors (Lipinski definition) is 14. The molecule has 58 heavy (non-hydrogen) atoms. The van der Waals surface area contributed by atoms with Crippen LogP contribution < -0.4 is 4.74 Å². The lowest BCUT2D eigenvalue weighted by Crippen LogP contribution is -2.26. The summed E-state index contributed by atoms with van der Waals surface area (Å²) in [5, 5.41) is 0. The van der Waals surface area contributed by atoms with Crippen molar-refractivity contribution in [2.45, 2.75) is 45.9 Å². The average molecular weight is 780 g/mol. The van der Waals surface area contributed by atoms with E-state index in [2.05, 4.69) is 24.8 Å². The van der Waals surface area contributed by atoms with Gasteiger partial charge in [0.2, 0.25) is 0 Å². The maximum Gasteiger partial charge on any atom is 0.356 e. The molecule has 0 aliphatic carbocycles. The molecule has 0 saturated carbocycles. The quantitative estimate of drug-likeness (QED) is 0.0710. The van der Waals surface area contributed by atoms with Gasteiger partial charge >= 0.3 is 11.9 Å². The minimum Gasteiger partial charge on any atom is -0.489 e. The second-order valence-electron chi connectivity index (χ2n) is 13.2. The fourth-order valence-corrected chi connectivity index (χ4v) is 6.19. The molecule has 0 fully saturated rings. The number of pyridine rings is 5. The maximum atomic E-state index is 12.4. The van der Waals surface area contributed by atoms with E-state index in [9.17, 15) is 19.2 Å². The summed E-state index contributed by atoms with van der Waals surface area (Å²) in [7, 11) is 2.61. The van der Waals surface area contributed by atoms with Crippen molar-refractivity contribution in [3.05, 3.63) is 178 Å². The Hall–Kier alpha value is -7.03. The molecular weight excluding hydrogens is 739 g/mol. The van der Waals surface area contributed by atoms with Gasteiger partial charge in [-0.25, -0.2) is 29.5 Å². The van der Waals surface area contributed by atoms with E-state index in [1.165, 1.54) is 14.2 Å². The average Bonchev–Trinajstić information content (AvgIpc) is 3.25. The Morgan fingerprint density at radius 3 is 1.34 bits per heavy atom. The minimum atomic E-state index is -0.554. The first kappa shape index (κ1) is 40.6. The van der Waals surface area contributed by atoms with Crippen LogP contribution in [-0.2, 0) is 55.3 Å². The predicted molar refractivity (Wildman–Crippen MR) is 211 cm³/mol.